The van der Waals surface area contributed by atoms with Gasteiger partial charge < -0.3 is 0 Å². The van der Waals surface area contributed by atoms with Crippen LogP contribution < -0.4 is 4.72 Å². The quantitative estimate of drug-likeness (QED) is 0.921. The van der Waals surface area contributed by atoms with Crippen LogP contribution in [0.2, 0.25) is 0 Å². The molecule has 0 bridgehead atoms. The zero-order chi connectivity index (χ0) is 14.8. The highest BCUT2D eigenvalue weighted by Crippen LogP contribution is 2.28. The van der Waals surface area contributed by atoms with Crippen molar-refractivity contribution in [3.05, 3.63) is 58.1 Å². The maximum absolute atomic E-state index is 12.3. The standard InChI is InChI=1S/C14H11BrN2O2S/c1-10-4-2-7-13(14(10)15)17-20(18,19)12-6-3-5-11(8-12)9-16/h2-8,17H,1H3. The Balaban J connectivity index is 2.41. The van der Waals surface area contributed by atoms with E-state index in [1.807, 2.05) is 19.1 Å². The van der Waals surface area contributed by atoms with Crippen LogP contribution in [0.15, 0.2) is 51.8 Å². The van der Waals surface area contributed by atoms with Crippen LogP contribution in [0.5, 0.6) is 0 Å². The smallest absolute Gasteiger partial charge is 0.261 e. The molecular formula is C14H11BrN2O2S. The zero-order valence-corrected chi connectivity index (χ0v) is 13.0. The number of sulfonamides is 1. The lowest BCUT2D eigenvalue weighted by Gasteiger charge is -2.11. The minimum Gasteiger partial charge on any atom is -0.278 e. The van der Waals surface area contributed by atoms with Gasteiger partial charge in [0, 0.05) is 4.47 Å². The number of nitriles is 1. The average molecular weight is 351 g/mol. The summed E-state index contributed by atoms with van der Waals surface area (Å²) >= 11 is 3.35. The van der Waals surface area contributed by atoms with Gasteiger partial charge in [0.05, 0.1) is 22.2 Å². The summed E-state index contributed by atoms with van der Waals surface area (Å²) in [5.74, 6) is 0. The van der Waals surface area contributed by atoms with E-state index in [1.165, 1.54) is 12.1 Å². The van der Waals surface area contributed by atoms with Gasteiger partial charge in [0.1, 0.15) is 0 Å². The molecule has 2 aromatic rings. The number of nitrogens with zero attached hydrogens (tertiary/aromatic N) is 1. The minimum absolute atomic E-state index is 0.0601. The van der Waals surface area contributed by atoms with Gasteiger partial charge in [-0.2, -0.15) is 5.26 Å². The summed E-state index contributed by atoms with van der Waals surface area (Å²) in [6.45, 7) is 1.87. The number of benzene rings is 2. The summed E-state index contributed by atoms with van der Waals surface area (Å²) in [5.41, 5.74) is 1.69. The summed E-state index contributed by atoms with van der Waals surface area (Å²) in [4.78, 5) is 0.0601. The van der Waals surface area contributed by atoms with E-state index in [4.69, 9.17) is 5.26 Å². The lowest BCUT2D eigenvalue weighted by Crippen LogP contribution is -2.13. The predicted octanol–water partition coefficient (Wildman–Crippen LogP) is 3.43. The Morgan fingerprint density at radius 2 is 1.90 bits per heavy atom. The monoisotopic (exact) mass is 350 g/mol. The normalized spacial score (nSPS) is 10.8. The van der Waals surface area contributed by atoms with E-state index in [2.05, 4.69) is 20.7 Å². The first kappa shape index (κ1) is 14.6. The third kappa shape index (κ3) is 3.00. The third-order valence-corrected chi connectivity index (χ3v) is 5.13. The highest BCUT2D eigenvalue weighted by atomic mass is 79.9. The largest absolute Gasteiger partial charge is 0.278 e. The van der Waals surface area contributed by atoms with E-state index in [0.717, 1.165) is 5.56 Å². The molecule has 0 atom stereocenters. The molecule has 2 rings (SSSR count). The van der Waals surface area contributed by atoms with Gasteiger partial charge >= 0.3 is 0 Å². The van der Waals surface area contributed by atoms with E-state index >= 15 is 0 Å². The van der Waals surface area contributed by atoms with Crippen molar-refractivity contribution >= 4 is 31.6 Å². The van der Waals surface area contributed by atoms with Crippen LogP contribution in [-0.2, 0) is 10.0 Å². The Morgan fingerprint density at radius 1 is 1.20 bits per heavy atom. The van der Waals surface area contributed by atoms with Gasteiger partial charge in [0.2, 0.25) is 0 Å². The number of anilines is 1. The van der Waals surface area contributed by atoms with Crippen molar-refractivity contribution in [2.24, 2.45) is 0 Å². The first-order chi connectivity index (χ1) is 9.44. The Bertz CT molecular complexity index is 795. The second-order valence-corrected chi connectivity index (χ2v) is 6.66. The molecule has 0 fully saturated rings. The van der Waals surface area contributed by atoms with Gasteiger partial charge in [-0.25, -0.2) is 8.42 Å². The second kappa shape index (κ2) is 5.65. The van der Waals surface area contributed by atoms with E-state index < -0.39 is 10.0 Å². The van der Waals surface area contributed by atoms with Crippen LogP contribution in [0.25, 0.3) is 0 Å². The van der Waals surface area contributed by atoms with Crippen molar-refractivity contribution < 1.29 is 8.42 Å². The van der Waals surface area contributed by atoms with Crippen LogP contribution in [0.4, 0.5) is 5.69 Å². The molecule has 102 valence electrons. The maximum Gasteiger partial charge on any atom is 0.261 e. The van der Waals surface area contributed by atoms with Crippen LogP contribution in [0.3, 0.4) is 0 Å². The van der Waals surface area contributed by atoms with Gasteiger partial charge in [-0.05, 0) is 52.7 Å². The number of hydrogen-bond donors (Lipinski definition) is 1. The molecule has 0 heterocycles. The van der Waals surface area contributed by atoms with Crippen molar-refractivity contribution in [3.8, 4) is 6.07 Å². The first-order valence-electron chi connectivity index (χ1n) is 5.72. The second-order valence-electron chi connectivity index (χ2n) is 4.18. The number of nitrogens with one attached hydrogen (secondary N) is 1. The number of hydrogen-bond acceptors (Lipinski definition) is 3. The molecule has 4 nitrogen and oxygen atoms in total. The zero-order valence-electron chi connectivity index (χ0n) is 10.6. The van der Waals surface area contributed by atoms with Gasteiger partial charge in [-0.15, -0.1) is 0 Å². The highest BCUT2D eigenvalue weighted by molar-refractivity contribution is 9.10. The van der Waals surface area contributed by atoms with Gasteiger partial charge in [-0.3, -0.25) is 4.72 Å². The number of aryl methyl sites for hydroxylation is 1. The van der Waals surface area contributed by atoms with Crippen molar-refractivity contribution in [3.63, 3.8) is 0 Å². The maximum atomic E-state index is 12.3. The minimum atomic E-state index is -3.72. The Morgan fingerprint density at radius 3 is 2.60 bits per heavy atom. The number of rotatable bonds is 3. The summed E-state index contributed by atoms with van der Waals surface area (Å²) in [6, 6.07) is 13.1. The topological polar surface area (TPSA) is 70.0 Å². The highest BCUT2D eigenvalue weighted by Gasteiger charge is 2.16. The van der Waals surface area contributed by atoms with Crippen LogP contribution in [0, 0.1) is 18.3 Å². The molecule has 0 aliphatic carbocycles. The molecule has 0 aliphatic rings. The molecule has 1 N–H and O–H groups in total. The number of halogens is 1. The fraction of sp³-hybridized carbons (Fsp3) is 0.0714. The molecule has 0 radical (unpaired) electrons. The van der Waals surface area contributed by atoms with Gasteiger partial charge in [0.25, 0.3) is 10.0 Å². The fourth-order valence-electron chi connectivity index (χ4n) is 1.66. The van der Waals surface area contributed by atoms with Gasteiger partial charge in [0.15, 0.2) is 0 Å². The van der Waals surface area contributed by atoms with Crippen LogP contribution >= 0.6 is 15.9 Å². The molecule has 0 amide bonds. The SMILES string of the molecule is Cc1cccc(NS(=O)(=O)c2cccc(C#N)c2)c1Br. The van der Waals surface area contributed by atoms with Crippen LogP contribution in [0.1, 0.15) is 11.1 Å². The molecule has 20 heavy (non-hydrogen) atoms. The molecular weight excluding hydrogens is 340 g/mol. The third-order valence-electron chi connectivity index (χ3n) is 2.71. The Labute approximate surface area is 126 Å². The van der Waals surface area contributed by atoms with Crippen molar-refractivity contribution in [2.45, 2.75) is 11.8 Å². The molecule has 0 spiro atoms. The lowest BCUT2D eigenvalue weighted by molar-refractivity contribution is 0.601. The molecule has 6 heteroatoms. The van der Waals surface area contributed by atoms with Gasteiger partial charge in [-0.1, -0.05) is 18.2 Å². The van der Waals surface area contributed by atoms with E-state index in [-0.39, 0.29) is 4.90 Å². The van der Waals surface area contributed by atoms with Crippen molar-refractivity contribution in [1.29, 1.82) is 5.26 Å². The summed E-state index contributed by atoms with van der Waals surface area (Å²) in [6.07, 6.45) is 0. The average Bonchev–Trinajstić information content (AvgIpc) is 2.44. The van der Waals surface area contributed by atoms with Crippen molar-refractivity contribution in [1.82, 2.24) is 0 Å². The summed E-state index contributed by atoms with van der Waals surface area (Å²) in [5, 5.41) is 8.83. The molecule has 0 unspecified atom stereocenters. The van der Waals surface area contributed by atoms with Crippen LogP contribution in [-0.4, -0.2) is 8.42 Å². The van der Waals surface area contributed by atoms with Crippen molar-refractivity contribution in [2.75, 3.05) is 4.72 Å². The van der Waals surface area contributed by atoms with E-state index in [9.17, 15) is 8.42 Å². The molecule has 0 aliphatic heterocycles. The molecule has 0 aromatic heterocycles. The molecule has 2 aromatic carbocycles. The molecule has 0 saturated heterocycles. The fourth-order valence-corrected chi connectivity index (χ4v) is 3.27. The molecule has 0 saturated carbocycles. The van der Waals surface area contributed by atoms with E-state index in [1.54, 1.807) is 24.3 Å². The predicted molar refractivity (Wildman–Crippen MR) is 80.8 cm³/mol. The summed E-state index contributed by atoms with van der Waals surface area (Å²) < 4.78 is 27.8. The Hall–Kier alpha value is -1.84. The Kier molecular flexibility index (Phi) is 4.12. The lowest BCUT2D eigenvalue weighted by atomic mass is 10.2. The van der Waals surface area contributed by atoms with E-state index in [0.29, 0.717) is 15.7 Å². The summed E-state index contributed by atoms with van der Waals surface area (Å²) in [7, 11) is -3.72. The first-order valence-corrected chi connectivity index (χ1v) is 8.00.